The van der Waals surface area contributed by atoms with Crippen molar-refractivity contribution < 1.29 is 14.3 Å². The van der Waals surface area contributed by atoms with E-state index in [-0.39, 0.29) is 5.91 Å². The summed E-state index contributed by atoms with van der Waals surface area (Å²) in [4.78, 5) is 34.6. The number of hydrogen-bond donors (Lipinski definition) is 1. The number of esters is 1. The van der Waals surface area contributed by atoms with Crippen LogP contribution in [0.4, 0.5) is 5.00 Å². The number of benzene rings is 1. The van der Waals surface area contributed by atoms with Gasteiger partial charge in [-0.05, 0) is 42.5 Å². The predicted octanol–water partition coefficient (Wildman–Crippen LogP) is 4.21. The van der Waals surface area contributed by atoms with Gasteiger partial charge in [-0.2, -0.15) is 0 Å². The molecule has 1 amide bonds. The van der Waals surface area contributed by atoms with Crippen molar-refractivity contribution >= 4 is 40.0 Å². The zero-order chi connectivity index (χ0) is 20.4. The number of carbonyl (C=O) groups excluding carboxylic acids is 2. The molecule has 1 N–H and O–H groups in total. The molecule has 1 aliphatic rings. The van der Waals surface area contributed by atoms with Gasteiger partial charge in [-0.25, -0.2) is 14.8 Å². The number of thioether (sulfide) groups is 1. The van der Waals surface area contributed by atoms with Crippen LogP contribution in [0, 0.1) is 0 Å². The molecule has 1 aliphatic carbocycles. The summed E-state index contributed by atoms with van der Waals surface area (Å²) in [5.74, 6) is -0.636. The number of aryl methyl sites for hydroxylation is 1. The summed E-state index contributed by atoms with van der Waals surface area (Å²) in [6.45, 7) is 1.79. The second-order valence-corrected chi connectivity index (χ2v) is 8.87. The Labute approximate surface area is 176 Å². The summed E-state index contributed by atoms with van der Waals surface area (Å²) in [7, 11) is 1.36. The third-order valence-electron chi connectivity index (χ3n) is 4.73. The van der Waals surface area contributed by atoms with Gasteiger partial charge in [0.05, 0.1) is 17.9 Å². The molecule has 148 valence electrons. The second-order valence-electron chi connectivity index (χ2n) is 6.54. The first-order valence-electron chi connectivity index (χ1n) is 9.15. The van der Waals surface area contributed by atoms with Crippen LogP contribution < -0.4 is 5.32 Å². The van der Waals surface area contributed by atoms with Crippen LogP contribution in [0.5, 0.6) is 0 Å². The van der Waals surface area contributed by atoms with Crippen LogP contribution in [0.15, 0.2) is 47.9 Å². The fourth-order valence-corrected chi connectivity index (χ4v) is 5.34. The molecule has 0 saturated carbocycles. The molecule has 8 heteroatoms. The maximum Gasteiger partial charge on any atom is 0.341 e. The highest BCUT2D eigenvalue weighted by molar-refractivity contribution is 8.00. The van der Waals surface area contributed by atoms with Gasteiger partial charge in [0.2, 0.25) is 5.91 Å². The Kier molecular flexibility index (Phi) is 5.64. The number of anilines is 1. The SMILES string of the molecule is COC(=O)c1c(NC(=O)C(C)Sc2ncccn2)sc2c1CCc1ccccc1-2. The lowest BCUT2D eigenvalue weighted by Crippen LogP contribution is -2.23. The Balaban J connectivity index is 1.64. The molecule has 0 aliphatic heterocycles. The lowest BCUT2D eigenvalue weighted by atomic mass is 9.89. The molecule has 0 saturated heterocycles. The molecule has 0 spiro atoms. The van der Waals surface area contributed by atoms with Gasteiger partial charge in [0.25, 0.3) is 0 Å². The normalized spacial score (nSPS) is 13.2. The fraction of sp³-hybridized carbons (Fsp3) is 0.238. The van der Waals surface area contributed by atoms with E-state index in [1.165, 1.54) is 35.8 Å². The van der Waals surface area contributed by atoms with Crippen LogP contribution in [0.2, 0.25) is 0 Å². The molecule has 2 heterocycles. The lowest BCUT2D eigenvalue weighted by Gasteiger charge is -2.16. The molecule has 3 aromatic rings. The number of thiophene rings is 1. The number of aromatic nitrogens is 2. The van der Waals surface area contributed by atoms with Crippen LogP contribution in [-0.2, 0) is 22.4 Å². The summed E-state index contributed by atoms with van der Waals surface area (Å²) in [6, 6.07) is 9.90. The lowest BCUT2D eigenvalue weighted by molar-refractivity contribution is -0.115. The van der Waals surface area contributed by atoms with E-state index in [1.807, 2.05) is 12.1 Å². The van der Waals surface area contributed by atoms with E-state index < -0.39 is 11.2 Å². The number of amides is 1. The molecular formula is C21H19N3O3S2. The number of fused-ring (bicyclic) bond motifs is 3. The van der Waals surface area contributed by atoms with Gasteiger partial charge in [0.15, 0.2) is 5.16 Å². The Morgan fingerprint density at radius 1 is 1.17 bits per heavy atom. The molecule has 29 heavy (non-hydrogen) atoms. The Morgan fingerprint density at radius 3 is 2.69 bits per heavy atom. The van der Waals surface area contributed by atoms with Crippen molar-refractivity contribution in [1.29, 1.82) is 0 Å². The summed E-state index contributed by atoms with van der Waals surface area (Å²) >= 11 is 2.70. The fourth-order valence-electron chi connectivity index (χ4n) is 3.32. The molecule has 2 aromatic heterocycles. The zero-order valence-corrected chi connectivity index (χ0v) is 17.6. The third kappa shape index (κ3) is 3.90. The van der Waals surface area contributed by atoms with Crippen molar-refractivity contribution in [2.45, 2.75) is 30.2 Å². The molecule has 1 aromatic carbocycles. The molecule has 6 nitrogen and oxygen atoms in total. The second kappa shape index (κ2) is 8.34. The number of ether oxygens (including phenoxy) is 1. The monoisotopic (exact) mass is 425 g/mol. The van der Waals surface area contributed by atoms with Gasteiger partial charge in [0.1, 0.15) is 5.00 Å². The van der Waals surface area contributed by atoms with E-state index in [1.54, 1.807) is 25.4 Å². The summed E-state index contributed by atoms with van der Waals surface area (Å²) < 4.78 is 5.02. The van der Waals surface area contributed by atoms with Crippen LogP contribution in [0.25, 0.3) is 10.4 Å². The van der Waals surface area contributed by atoms with E-state index in [0.29, 0.717) is 15.7 Å². The quantitative estimate of drug-likeness (QED) is 0.375. The average molecular weight is 426 g/mol. The van der Waals surface area contributed by atoms with E-state index in [2.05, 4.69) is 27.4 Å². The molecular weight excluding hydrogens is 406 g/mol. The van der Waals surface area contributed by atoms with Crippen molar-refractivity contribution in [1.82, 2.24) is 9.97 Å². The van der Waals surface area contributed by atoms with Crippen LogP contribution in [0.1, 0.15) is 28.4 Å². The minimum absolute atomic E-state index is 0.209. The van der Waals surface area contributed by atoms with Crippen LogP contribution in [0.3, 0.4) is 0 Å². The first-order chi connectivity index (χ1) is 14.1. The summed E-state index contributed by atoms with van der Waals surface area (Å²) in [5, 5.41) is 3.58. The minimum atomic E-state index is -0.427. The number of rotatable bonds is 5. The van der Waals surface area contributed by atoms with Crippen molar-refractivity contribution in [3.8, 4) is 10.4 Å². The molecule has 1 unspecified atom stereocenters. The largest absolute Gasteiger partial charge is 0.465 e. The van der Waals surface area contributed by atoms with Gasteiger partial charge in [-0.1, -0.05) is 36.0 Å². The van der Waals surface area contributed by atoms with Gasteiger partial charge < -0.3 is 10.1 Å². The number of nitrogens with zero attached hydrogens (tertiary/aromatic N) is 2. The third-order valence-corrected chi connectivity index (χ3v) is 6.90. The topological polar surface area (TPSA) is 81.2 Å². The molecule has 0 fully saturated rings. The Morgan fingerprint density at radius 2 is 1.93 bits per heavy atom. The number of hydrogen-bond acceptors (Lipinski definition) is 7. The smallest absolute Gasteiger partial charge is 0.341 e. The first-order valence-corrected chi connectivity index (χ1v) is 10.8. The van der Waals surface area contributed by atoms with Gasteiger partial charge in [0, 0.05) is 17.3 Å². The van der Waals surface area contributed by atoms with Crippen LogP contribution in [-0.4, -0.2) is 34.2 Å². The first kappa shape index (κ1) is 19.6. The Hall–Kier alpha value is -2.71. The Bertz CT molecular complexity index is 1070. The highest BCUT2D eigenvalue weighted by Gasteiger charge is 2.30. The van der Waals surface area contributed by atoms with E-state index in [0.717, 1.165) is 28.8 Å². The number of carbonyl (C=O) groups is 2. The maximum absolute atomic E-state index is 12.8. The van der Waals surface area contributed by atoms with E-state index >= 15 is 0 Å². The average Bonchev–Trinajstić information content (AvgIpc) is 3.12. The highest BCUT2D eigenvalue weighted by Crippen LogP contribution is 2.45. The van der Waals surface area contributed by atoms with Crippen molar-refractivity contribution in [2.75, 3.05) is 12.4 Å². The maximum atomic E-state index is 12.8. The van der Waals surface area contributed by atoms with Gasteiger partial charge in [-0.3, -0.25) is 4.79 Å². The highest BCUT2D eigenvalue weighted by atomic mass is 32.2. The number of nitrogens with one attached hydrogen (secondary N) is 1. The van der Waals surface area contributed by atoms with Gasteiger partial charge in [-0.15, -0.1) is 11.3 Å². The van der Waals surface area contributed by atoms with Crippen LogP contribution >= 0.6 is 23.1 Å². The summed E-state index contributed by atoms with van der Waals surface area (Å²) in [6.07, 6.45) is 4.88. The van der Waals surface area contributed by atoms with Gasteiger partial charge >= 0.3 is 5.97 Å². The summed E-state index contributed by atoms with van der Waals surface area (Å²) in [5.41, 5.74) is 3.77. The molecule has 1 atom stereocenters. The molecule has 4 rings (SSSR count). The van der Waals surface area contributed by atoms with Crippen molar-refractivity contribution in [3.05, 3.63) is 59.4 Å². The van der Waals surface area contributed by atoms with E-state index in [9.17, 15) is 9.59 Å². The van der Waals surface area contributed by atoms with E-state index in [4.69, 9.17) is 4.74 Å². The zero-order valence-electron chi connectivity index (χ0n) is 16.0. The van der Waals surface area contributed by atoms with Crippen molar-refractivity contribution in [3.63, 3.8) is 0 Å². The predicted molar refractivity (Wildman–Crippen MR) is 114 cm³/mol. The van der Waals surface area contributed by atoms with Crippen molar-refractivity contribution in [2.24, 2.45) is 0 Å². The molecule has 0 radical (unpaired) electrons. The minimum Gasteiger partial charge on any atom is -0.465 e. The molecule has 0 bridgehead atoms. The standard InChI is InChI=1S/C21H19N3O3S2/c1-12(28-21-22-10-5-11-23-21)18(25)24-19-16(20(26)27-2)15-9-8-13-6-3-4-7-14(13)17(15)29-19/h3-7,10-12H,8-9H2,1-2H3,(H,24,25). The number of methoxy groups -OCH3 is 1.